The second-order valence-corrected chi connectivity index (χ2v) is 14.0. The second kappa shape index (κ2) is 7.83. The Morgan fingerprint density at radius 2 is 1.51 bits per heavy atom. The van der Waals surface area contributed by atoms with Gasteiger partial charge < -0.3 is 4.57 Å². The lowest BCUT2D eigenvalue weighted by molar-refractivity contribution is 0.526. The molecule has 3 nitrogen and oxygen atoms in total. The van der Waals surface area contributed by atoms with Crippen LogP contribution in [-0.2, 0) is 16.2 Å². The SMILES string of the molecule is CC(C)(C)c1ccc2c(c1)c1cc(C(C)(C)C)cc3c1n2-c1sc(C=C(C#N)C#N)cc1C31CCCC1. The molecular weight excluding hydrogens is 470 g/mol. The van der Waals surface area contributed by atoms with Gasteiger partial charge in [-0.1, -0.05) is 66.5 Å². The standard InChI is InChI=1S/C33H33N3S/c1-31(2,3)21-9-10-28-24(14-21)25-15-22(32(4,5)6)16-26-29(25)36(28)30-27(33(26)11-7-8-12-33)17-23(37-30)13-20(18-34)19-35/h9-10,13-17H,7-8,11-12H2,1-6H3. The molecule has 6 rings (SSSR count). The van der Waals surface area contributed by atoms with Gasteiger partial charge in [0.15, 0.2) is 0 Å². The average molecular weight is 504 g/mol. The lowest BCUT2D eigenvalue weighted by atomic mass is 9.70. The average Bonchev–Trinajstić information content (AvgIpc) is 3.56. The fourth-order valence-corrected chi connectivity index (χ4v) is 7.72. The van der Waals surface area contributed by atoms with Crippen LogP contribution in [0, 0.1) is 22.7 Å². The van der Waals surface area contributed by atoms with Crippen molar-refractivity contribution in [3.05, 3.63) is 69.1 Å². The quantitative estimate of drug-likeness (QED) is 0.243. The highest BCUT2D eigenvalue weighted by Crippen LogP contribution is 2.57. The minimum atomic E-state index is -0.0197. The Morgan fingerprint density at radius 3 is 2.14 bits per heavy atom. The van der Waals surface area contributed by atoms with Gasteiger partial charge in [0, 0.05) is 21.1 Å². The van der Waals surface area contributed by atoms with Crippen LogP contribution in [0.1, 0.15) is 94.4 Å². The first kappa shape index (κ1) is 24.0. The number of nitriles is 2. The van der Waals surface area contributed by atoms with Crippen LogP contribution < -0.4 is 0 Å². The zero-order valence-corrected chi connectivity index (χ0v) is 23.4. The number of allylic oxidation sites excluding steroid dienone is 1. The Kier molecular flexibility index (Phi) is 5.08. The maximum absolute atomic E-state index is 9.43. The summed E-state index contributed by atoms with van der Waals surface area (Å²) in [7, 11) is 0. The molecule has 4 aromatic rings. The Bertz CT molecular complexity index is 1690. The van der Waals surface area contributed by atoms with E-state index < -0.39 is 0 Å². The highest BCUT2D eigenvalue weighted by Gasteiger charge is 2.46. The van der Waals surface area contributed by atoms with E-state index in [1.165, 1.54) is 61.9 Å². The summed E-state index contributed by atoms with van der Waals surface area (Å²) in [4.78, 5) is 0.986. The van der Waals surface area contributed by atoms with Gasteiger partial charge in [0.25, 0.3) is 0 Å². The summed E-state index contributed by atoms with van der Waals surface area (Å²) in [5, 5.41) is 22.8. The van der Waals surface area contributed by atoms with Crippen LogP contribution in [0.25, 0.3) is 32.9 Å². The monoisotopic (exact) mass is 503 g/mol. The molecule has 3 heterocycles. The van der Waals surface area contributed by atoms with Crippen molar-refractivity contribution in [1.29, 1.82) is 10.5 Å². The molecule has 2 aromatic heterocycles. The first-order chi connectivity index (χ1) is 17.5. The molecule has 2 aliphatic rings. The summed E-state index contributed by atoms with van der Waals surface area (Å²) in [6.45, 7) is 13.8. The van der Waals surface area contributed by atoms with Gasteiger partial charge in [-0.3, -0.25) is 0 Å². The Morgan fingerprint density at radius 1 is 0.865 bits per heavy atom. The van der Waals surface area contributed by atoms with Gasteiger partial charge in [-0.25, -0.2) is 0 Å². The van der Waals surface area contributed by atoms with Crippen LogP contribution in [0.2, 0.25) is 0 Å². The highest BCUT2D eigenvalue weighted by molar-refractivity contribution is 7.15. The van der Waals surface area contributed by atoms with Crippen LogP contribution in [0.3, 0.4) is 0 Å². The molecule has 1 aliphatic heterocycles. The van der Waals surface area contributed by atoms with Gasteiger partial charge in [-0.05, 0) is 76.3 Å². The van der Waals surface area contributed by atoms with E-state index in [0.717, 1.165) is 17.7 Å². The fourth-order valence-electron chi connectivity index (χ4n) is 6.50. The molecule has 1 fully saturated rings. The summed E-state index contributed by atoms with van der Waals surface area (Å²) in [6, 6.07) is 18.3. The maximum Gasteiger partial charge on any atom is 0.131 e. The molecule has 0 bridgehead atoms. The molecule has 1 spiro atoms. The molecule has 0 saturated heterocycles. The van der Waals surface area contributed by atoms with Gasteiger partial charge in [-0.15, -0.1) is 11.3 Å². The maximum atomic E-state index is 9.43. The van der Waals surface area contributed by atoms with Crippen LogP contribution in [0.15, 0.2) is 42.0 Å². The Labute approximate surface area is 223 Å². The van der Waals surface area contributed by atoms with Crippen molar-refractivity contribution >= 4 is 39.2 Å². The normalized spacial score (nSPS) is 16.1. The molecule has 0 unspecified atom stereocenters. The van der Waals surface area contributed by atoms with E-state index in [0.29, 0.717) is 0 Å². The largest absolute Gasteiger partial charge is 0.300 e. The molecule has 2 aromatic carbocycles. The predicted molar refractivity (Wildman–Crippen MR) is 155 cm³/mol. The molecule has 0 radical (unpaired) electrons. The molecule has 1 aliphatic carbocycles. The fraction of sp³-hybridized carbons (Fsp3) is 0.394. The predicted octanol–water partition coefficient (Wildman–Crippen LogP) is 9.04. The number of nitrogens with zero attached hydrogens (tertiary/aromatic N) is 3. The number of hydrogen-bond donors (Lipinski definition) is 0. The number of hydrogen-bond acceptors (Lipinski definition) is 3. The van der Waals surface area contributed by atoms with Crippen molar-refractivity contribution in [3.8, 4) is 17.1 Å². The molecular formula is C33H33N3S. The molecule has 0 amide bonds. The topological polar surface area (TPSA) is 52.5 Å². The smallest absolute Gasteiger partial charge is 0.131 e. The number of benzene rings is 2. The summed E-state index contributed by atoms with van der Waals surface area (Å²) in [5.74, 6) is 0. The summed E-state index contributed by atoms with van der Waals surface area (Å²) in [5.41, 5.74) is 8.39. The molecule has 0 N–H and O–H groups in total. The third kappa shape index (κ3) is 3.43. The van der Waals surface area contributed by atoms with E-state index in [2.05, 4.69) is 82.5 Å². The molecule has 4 heteroatoms. The van der Waals surface area contributed by atoms with Crippen molar-refractivity contribution in [2.24, 2.45) is 0 Å². The van der Waals surface area contributed by atoms with Gasteiger partial charge >= 0.3 is 0 Å². The first-order valence-electron chi connectivity index (χ1n) is 13.3. The van der Waals surface area contributed by atoms with E-state index in [1.54, 1.807) is 17.4 Å². The van der Waals surface area contributed by atoms with E-state index in [1.807, 2.05) is 12.1 Å². The number of aromatic nitrogens is 1. The number of thiophene rings is 1. The minimum absolute atomic E-state index is 0.0197. The van der Waals surface area contributed by atoms with Gasteiger partial charge in [-0.2, -0.15) is 10.5 Å². The van der Waals surface area contributed by atoms with Gasteiger partial charge in [0.2, 0.25) is 0 Å². The summed E-state index contributed by atoms with van der Waals surface area (Å²) >= 11 is 1.72. The van der Waals surface area contributed by atoms with Crippen LogP contribution in [0.4, 0.5) is 0 Å². The Hall–Kier alpha value is -3.34. The van der Waals surface area contributed by atoms with Gasteiger partial charge in [0.1, 0.15) is 22.7 Å². The Balaban J connectivity index is 1.79. The van der Waals surface area contributed by atoms with Crippen LogP contribution in [-0.4, -0.2) is 4.57 Å². The van der Waals surface area contributed by atoms with Crippen LogP contribution in [0.5, 0.6) is 0 Å². The number of fused-ring (bicyclic) bond motifs is 7. The lowest BCUT2D eigenvalue weighted by Crippen LogP contribution is -2.29. The first-order valence-corrected chi connectivity index (χ1v) is 14.1. The van der Waals surface area contributed by atoms with E-state index in [-0.39, 0.29) is 21.8 Å². The van der Waals surface area contributed by atoms with E-state index in [9.17, 15) is 10.5 Å². The molecule has 1 saturated carbocycles. The van der Waals surface area contributed by atoms with Crippen molar-refractivity contribution in [3.63, 3.8) is 0 Å². The highest BCUT2D eigenvalue weighted by atomic mass is 32.1. The van der Waals surface area contributed by atoms with Crippen molar-refractivity contribution in [1.82, 2.24) is 4.57 Å². The summed E-state index contributed by atoms with van der Waals surface area (Å²) < 4.78 is 2.48. The van der Waals surface area contributed by atoms with E-state index in [4.69, 9.17) is 0 Å². The zero-order valence-electron chi connectivity index (χ0n) is 22.6. The minimum Gasteiger partial charge on any atom is -0.300 e. The van der Waals surface area contributed by atoms with Crippen molar-refractivity contribution in [2.45, 2.75) is 83.5 Å². The van der Waals surface area contributed by atoms with Gasteiger partial charge in [0.05, 0.1) is 11.0 Å². The van der Waals surface area contributed by atoms with Crippen molar-refractivity contribution < 1.29 is 0 Å². The third-order valence-electron chi connectivity index (χ3n) is 8.54. The van der Waals surface area contributed by atoms with E-state index >= 15 is 0 Å². The molecule has 186 valence electrons. The molecule has 0 atom stereocenters. The number of rotatable bonds is 1. The molecule has 37 heavy (non-hydrogen) atoms. The summed E-state index contributed by atoms with van der Waals surface area (Å²) in [6.07, 6.45) is 6.48. The lowest BCUT2D eigenvalue weighted by Gasteiger charge is -2.37. The van der Waals surface area contributed by atoms with Crippen molar-refractivity contribution in [2.75, 3.05) is 0 Å². The second-order valence-electron chi connectivity index (χ2n) is 12.9. The van der Waals surface area contributed by atoms with Crippen LogP contribution >= 0.6 is 11.3 Å². The third-order valence-corrected chi connectivity index (χ3v) is 9.61. The zero-order chi connectivity index (χ0) is 26.3.